The summed E-state index contributed by atoms with van der Waals surface area (Å²) >= 11 is 0. The van der Waals surface area contributed by atoms with Crippen molar-refractivity contribution in [1.29, 1.82) is 0 Å². The highest BCUT2D eigenvalue weighted by molar-refractivity contribution is 5.68. The third kappa shape index (κ3) is 1.66. The molecule has 0 aliphatic heterocycles. The maximum Gasteiger partial charge on any atom is 0.341 e. The van der Waals surface area contributed by atoms with Crippen molar-refractivity contribution in [2.45, 2.75) is 0 Å². The summed E-state index contributed by atoms with van der Waals surface area (Å²) in [5, 5.41) is 8.39. The fourth-order valence-corrected chi connectivity index (χ4v) is 1.12. The Labute approximate surface area is 79.6 Å². The second-order valence-electron chi connectivity index (χ2n) is 2.73. The second-order valence-corrected chi connectivity index (χ2v) is 2.73. The number of nitrogens with zero attached hydrogens (tertiary/aromatic N) is 2. The zero-order chi connectivity index (χ0) is 9.97. The molecule has 14 heavy (non-hydrogen) atoms. The molecule has 0 unspecified atom stereocenters. The Balaban J connectivity index is 2.22. The first kappa shape index (κ1) is 8.55. The number of aliphatic carboxylic acids is 1. The van der Waals surface area contributed by atoms with Crippen molar-refractivity contribution < 1.29 is 14.6 Å². The lowest BCUT2D eigenvalue weighted by Crippen LogP contribution is -2.09. The van der Waals surface area contributed by atoms with Crippen molar-refractivity contribution in [2.24, 2.45) is 0 Å². The summed E-state index contributed by atoms with van der Waals surface area (Å²) in [7, 11) is 0. The number of pyridine rings is 1. The molecule has 0 atom stereocenters. The molecular formula is C9H8N2O3. The minimum atomic E-state index is -1.01. The van der Waals surface area contributed by atoms with E-state index in [9.17, 15) is 4.79 Å². The topological polar surface area (TPSA) is 63.8 Å². The lowest BCUT2D eigenvalue weighted by molar-refractivity contribution is -0.139. The molecule has 5 nitrogen and oxygen atoms in total. The third-order valence-electron chi connectivity index (χ3n) is 1.69. The Kier molecular flexibility index (Phi) is 2.06. The summed E-state index contributed by atoms with van der Waals surface area (Å²) in [4.78, 5) is 14.3. The van der Waals surface area contributed by atoms with Gasteiger partial charge in [0.25, 0.3) is 0 Å². The van der Waals surface area contributed by atoms with Crippen molar-refractivity contribution in [3.63, 3.8) is 0 Å². The number of carbonyl (C=O) groups is 1. The Bertz CT molecular complexity index is 431. The molecule has 0 saturated carbocycles. The van der Waals surface area contributed by atoms with E-state index in [0.717, 1.165) is 5.65 Å². The summed E-state index contributed by atoms with van der Waals surface area (Å²) < 4.78 is 6.68. The number of carboxylic acid groups (broad SMARTS) is 1. The predicted molar refractivity (Wildman–Crippen MR) is 48.3 cm³/mol. The molecule has 0 aliphatic rings. The van der Waals surface area contributed by atoms with Crippen LogP contribution >= 0.6 is 0 Å². The van der Waals surface area contributed by atoms with Gasteiger partial charge in [-0.05, 0) is 12.1 Å². The highest BCUT2D eigenvalue weighted by Crippen LogP contribution is 2.10. The molecule has 2 rings (SSSR count). The van der Waals surface area contributed by atoms with Crippen LogP contribution in [0.1, 0.15) is 0 Å². The Morgan fingerprint density at radius 3 is 3.14 bits per heavy atom. The van der Waals surface area contributed by atoms with Crippen LogP contribution in [0.25, 0.3) is 5.65 Å². The van der Waals surface area contributed by atoms with Crippen molar-refractivity contribution in [3.8, 4) is 5.88 Å². The van der Waals surface area contributed by atoms with Crippen LogP contribution in [0.5, 0.6) is 5.88 Å². The van der Waals surface area contributed by atoms with Gasteiger partial charge in [-0.15, -0.1) is 0 Å². The quantitative estimate of drug-likeness (QED) is 0.781. The molecule has 0 spiro atoms. The van der Waals surface area contributed by atoms with E-state index < -0.39 is 5.97 Å². The van der Waals surface area contributed by atoms with E-state index >= 15 is 0 Å². The largest absolute Gasteiger partial charge is 0.479 e. The van der Waals surface area contributed by atoms with Crippen LogP contribution in [0.15, 0.2) is 30.6 Å². The smallest absolute Gasteiger partial charge is 0.341 e. The Morgan fingerprint density at radius 2 is 2.43 bits per heavy atom. The Morgan fingerprint density at radius 1 is 1.57 bits per heavy atom. The van der Waals surface area contributed by atoms with Crippen molar-refractivity contribution >= 4 is 11.6 Å². The van der Waals surface area contributed by atoms with Gasteiger partial charge in [0.2, 0.25) is 5.88 Å². The minimum Gasteiger partial charge on any atom is -0.479 e. The third-order valence-corrected chi connectivity index (χ3v) is 1.69. The Hall–Kier alpha value is -2.04. The molecule has 0 saturated heterocycles. The van der Waals surface area contributed by atoms with Gasteiger partial charge in [0, 0.05) is 6.20 Å². The number of carboxylic acids is 1. The fourth-order valence-electron chi connectivity index (χ4n) is 1.12. The van der Waals surface area contributed by atoms with Crippen LogP contribution in [-0.2, 0) is 4.79 Å². The number of hydrogen-bond donors (Lipinski definition) is 1. The van der Waals surface area contributed by atoms with Crippen LogP contribution in [0.4, 0.5) is 0 Å². The van der Waals surface area contributed by atoms with Gasteiger partial charge in [-0.1, -0.05) is 6.07 Å². The standard InChI is InChI=1S/C9H8N2O3/c12-9(13)6-14-8-5-11-4-2-1-3-7(11)10-8/h1-5H,6H2,(H,12,13). The van der Waals surface area contributed by atoms with Gasteiger partial charge in [-0.2, -0.15) is 4.98 Å². The van der Waals surface area contributed by atoms with Gasteiger partial charge in [0.15, 0.2) is 6.61 Å². The van der Waals surface area contributed by atoms with E-state index in [2.05, 4.69) is 4.98 Å². The summed E-state index contributed by atoms with van der Waals surface area (Å²) in [6.07, 6.45) is 3.45. The minimum absolute atomic E-state index is 0.318. The van der Waals surface area contributed by atoms with Gasteiger partial charge >= 0.3 is 5.97 Å². The van der Waals surface area contributed by atoms with E-state index in [4.69, 9.17) is 9.84 Å². The highest BCUT2D eigenvalue weighted by atomic mass is 16.5. The van der Waals surface area contributed by atoms with Crippen LogP contribution in [-0.4, -0.2) is 27.1 Å². The molecule has 2 aromatic rings. The highest BCUT2D eigenvalue weighted by Gasteiger charge is 2.03. The monoisotopic (exact) mass is 192 g/mol. The molecule has 0 radical (unpaired) electrons. The van der Waals surface area contributed by atoms with E-state index in [0.29, 0.717) is 5.88 Å². The van der Waals surface area contributed by atoms with Gasteiger partial charge in [-0.25, -0.2) is 4.79 Å². The molecule has 0 fully saturated rings. The maximum atomic E-state index is 10.2. The fraction of sp³-hybridized carbons (Fsp3) is 0.111. The van der Waals surface area contributed by atoms with Gasteiger partial charge in [-0.3, -0.25) is 0 Å². The number of hydrogen-bond acceptors (Lipinski definition) is 3. The van der Waals surface area contributed by atoms with Gasteiger partial charge < -0.3 is 14.2 Å². The zero-order valence-electron chi connectivity index (χ0n) is 7.25. The molecule has 0 bridgehead atoms. The lowest BCUT2D eigenvalue weighted by Gasteiger charge is -1.94. The molecule has 1 N–H and O–H groups in total. The molecule has 2 aromatic heterocycles. The number of fused-ring (bicyclic) bond motifs is 1. The van der Waals surface area contributed by atoms with Crippen LogP contribution in [0.3, 0.4) is 0 Å². The van der Waals surface area contributed by atoms with Crippen LogP contribution in [0.2, 0.25) is 0 Å². The molecule has 0 aromatic carbocycles. The lowest BCUT2D eigenvalue weighted by atomic mass is 10.5. The summed E-state index contributed by atoms with van der Waals surface area (Å²) in [6, 6.07) is 5.52. The second kappa shape index (κ2) is 3.37. The van der Waals surface area contributed by atoms with E-state index in [-0.39, 0.29) is 6.61 Å². The maximum absolute atomic E-state index is 10.2. The molecule has 2 heterocycles. The first-order valence-electron chi connectivity index (χ1n) is 4.04. The van der Waals surface area contributed by atoms with Crippen LogP contribution < -0.4 is 4.74 Å². The number of imidazole rings is 1. The predicted octanol–water partition coefficient (Wildman–Crippen LogP) is 0.798. The summed E-state index contributed by atoms with van der Waals surface area (Å²) in [5.41, 5.74) is 0.730. The van der Waals surface area contributed by atoms with Crippen molar-refractivity contribution in [1.82, 2.24) is 9.38 Å². The molecule has 0 aliphatic carbocycles. The molecule has 0 amide bonds. The number of ether oxygens (including phenoxy) is 1. The van der Waals surface area contributed by atoms with Crippen molar-refractivity contribution in [2.75, 3.05) is 6.61 Å². The SMILES string of the molecule is O=C(O)COc1cn2ccccc2n1. The van der Waals surface area contributed by atoms with E-state index in [1.807, 2.05) is 24.4 Å². The van der Waals surface area contributed by atoms with Gasteiger partial charge in [0.05, 0.1) is 6.20 Å². The normalized spacial score (nSPS) is 10.3. The number of rotatable bonds is 3. The number of aromatic nitrogens is 2. The van der Waals surface area contributed by atoms with Crippen molar-refractivity contribution in [3.05, 3.63) is 30.6 Å². The molecular weight excluding hydrogens is 184 g/mol. The molecule has 72 valence electrons. The van der Waals surface area contributed by atoms with E-state index in [1.54, 1.807) is 10.6 Å². The summed E-state index contributed by atoms with van der Waals surface area (Å²) in [5.74, 6) is -0.694. The summed E-state index contributed by atoms with van der Waals surface area (Å²) in [6.45, 7) is -0.371. The zero-order valence-corrected chi connectivity index (χ0v) is 7.25. The van der Waals surface area contributed by atoms with Gasteiger partial charge in [0.1, 0.15) is 5.65 Å². The first-order valence-corrected chi connectivity index (χ1v) is 4.04. The average Bonchev–Trinajstić information content (AvgIpc) is 2.57. The first-order chi connectivity index (χ1) is 6.75. The average molecular weight is 192 g/mol. The van der Waals surface area contributed by atoms with E-state index in [1.165, 1.54) is 0 Å². The molecule has 5 heteroatoms. The van der Waals surface area contributed by atoms with Crippen LogP contribution in [0, 0.1) is 0 Å².